The molecule has 1 aliphatic rings. The number of primary amides is 1. The second-order valence-corrected chi connectivity index (χ2v) is 7.49. The predicted octanol–water partition coefficient (Wildman–Crippen LogP) is 0.140. The number of hydrogen-bond acceptors (Lipinski definition) is 7. The van der Waals surface area contributed by atoms with Gasteiger partial charge in [0.15, 0.2) is 11.5 Å². The molecule has 0 saturated carbocycles. The summed E-state index contributed by atoms with van der Waals surface area (Å²) in [5.41, 5.74) is 6.27. The number of methoxy groups -OCH3 is 2. The van der Waals surface area contributed by atoms with Gasteiger partial charge in [0.25, 0.3) is 5.91 Å². The summed E-state index contributed by atoms with van der Waals surface area (Å²) in [5, 5.41) is 0. The summed E-state index contributed by atoms with van der Waals surface area (Å²) in [6.07, 6.45) is 3.10. The van der Waals surface area contributed by atoms with Crippen LogP contribution in [0.4, 0.5) is 0 Å². The van der Waals surface area contributed by atoms with Crippen molar-refractivity contribution in [1.29, 1.82) is 0 Å². The smallest absolute Gasteiger partial charge is 0.286 e. The molecule has 1 aliphatic heterocycles. The average molecular weight is 377 g/mol. The van der Waals surface area contributed by atoms with E-state index in [4.69, 9.17) is 15.2 Å². The van der Waals surface area contributed by atoms with Gasteiger partial charge in [0.05, 0.1) is 37.6 Å². The minimum atomic E-state index is -3.79. The molecule has 0 bridgehead atoms. The highest BCUT2D eigenvalue weighted by atomic mass is 32.2. The first-order chi connectivity index (χ1) is 12.4. The Bertz CT molecular complexity index is 961. The van der Waals surface area contributed by atoms with Gasteiger partial charge in [-0.2, -0.15) is 4.31 Å². The zero-order valence-corrected chi connectivity index (χ0v) is 15.0. The van der Waals surface area contributed by atoms with Gasteiger partial charge in [-0.25, -0.2) is 18.4 Å². The third-order valence-electron chi connectivity index (χ3n) is 4.04. The molecule has 1 aromatic carbocycles. The van der Waals surface area contributed by atoms with E-state index in [2.05, 4.69) is 16.2 Å². The zero-order chi connectivity index (χ0) is 18.9. The third kappa shape index (κ3) is 3.20. The first kappa shape index (κ1) is 18.1. The molecule has 137 valence electrons. The minimum absolute atomic E-state index is 0.00527. The minimum Gasteiger partial charge on any atom is -0.493 e. The summed E-state index contributed by atoms with van der Waals surface area (Å²) in [7, 11) is -0.882. The first-order valence-corrected chi connectivity index (χ1v) is 9.10. The van der Waals surface area contributed by atoms with Gasteiger partial charge in [0.1, 0.15) is 0 Å². The molecule has 0 unspecified atom stereocenters. The molecule has 0 atom stereocenters. The lowest BCUT2D eigenvalue weighted by atomic mass is 10.1. The Hall–Kier alpha value is -2.72. The molecule has 0 aliphatic carbocycles. The lowest BCUT2D eigenvalue weighted by Crippen LogP contribution is -2.37. The molecule has 26 heavy (non-hydrogen) atoms. The van der Waals surface area contributed by atoms with Crippen LogP contribution in [0.3, 0.4) is 0 Å². The molecule has 1 aromatic heterocycles. The van der Waals surface area contributed by atoms with E-state index in [-0.39, 0.29) is 23.8 Å². The van der Waals surface area contributed by atoms with E-state index in [0.29, 0.717) is 29.2 Å². The van der Waals surface area contributed by atoms with Crippen LogP contribution in [0.25, 0.3) is 0 Å². The Labute approximate surface area is 150 Å². The van der Waals surface area contributed by atoms with Gasteiger partial charge in [0, 0.05) is 18.2 Å². The average Bonchev–Trinajstić information content (AvgIpc) is 2.66. The fourth-order valence-corrected chi connectivity index (χ4v) is 4.08. The number of rotatable bonds is 5. The molecule has 10 heteroatoms. The molecule has 2 aromatic rings. The van der Waals surface area contributed by atoms with Crippen molar-refractivity contribution < 1.29 is 22.7 Å². The Morgan fingerprint density at radius 2 is 2.00 bits per heavy atom. The molecule has 1 radical (unpaired) electrons. The number of sulfonamides is 1. The van der Waals surface area contributed by atoms with Crippen molar-refractivity contribution in [3.05, 3.63) is 41.5 Å². The van der Waals surface area contributed by atoms with E-state index in [0.717, 1.165) is 0 Å². The molecule has 2 heterocycles. The molecular weight excluding hydrogens is 360 g/mol. The summed E-state index contributed by atoms with van der Waals surface area (Å²) in [4.78, 5) is 19.1. The van der Waals surface area contributed by atoms with Gasteiger partial charge < -0.3 is 15.2 Å². The van der Waals surface area contributed by atoms with Gasteiger partial charge in [-0.3, -0.25) is 4.79 Å². The number of carbonyl (C=O) groups is 1. The molecule has 2 N–H and O–H groups in total. The highest BCUT2D eigenvalue weighted by Crippen LogP contribution is 2.31. The molecular formula is C16H17N4O5S. The number of hydrogen-bond donors (Lipinski definition) is 1. The van der Waals surface area contributed by atoms with Crippen molar-refractivity contribution in [2.45, 2.75) is 17.9 Å². The van der Waals surface area contributed by atoms with E-state index in [1.54, 1.807) is 0 Å². The van der Waals surface area contributed by atoms with Crippen LogP contribution in [0.15, 0.2) is 23.1 Å². The number of nitrogens with zero attached hydrogens (tertiary/aromatic N) is 3. The van der Waals surface area contributed by atoms with Crippen molar-refractivity contribution in [2.75, 3.05) is 20.8 Å². The Morgan fingerprint density at radius 1 is 1.27 bits per heavy atom. The maximum absolute atomic E-state index is 13.0. The van der Waals surface area contributed by atoms with Crippen molar-refractivity contribution in [1.82, 2.24) is 14.3 Å². The molecule has 1 amide bonds. The van der Waals surface area contributed by atoms with E-state index in [1.165, 1.54) is 36.7 Å². The maximum Gasteiger partial charge on any atom is 0.286 e. The van der Waals surface area contributed by atoms with Crippen LogP contribution in [0, 0.1) is 6.20 Å². The fraction of sp³-hybridized carbons (Fsp3) is 0.312. The second-order valence-electron chi connectivity index (χ2n) is 5.55. The maximum atomic E-state index is 13.0. The topological polar surface area (TPSA) is 125 Å². The molecule has 3 rings (SSSR count). The number of nitrogens with two attached hydrogens (primary N) is 1. The van der Waals surface area contributed by atoms with Crippen LogP contribution >= 0.6 is 0 Å². The second kappa shape index (κ2) is 6.89. The Balaban J connectivity index is 1.94. The SMILES string of the molecule is COc1ccc(S(=O)(=O)N2CCc3[c]nc(C(N)=O)nc3C2)cc1OC. The van der Waals surface area contributed by atoms with Crippen LogP contribution in [0.5, 0.6) is 11.5 Å². The molecule has 0 spiro atoms. The number of amides is 1. The van der Waals surface area contributed by atoms with E-state index >= 15 is 0 Å². The Morgan fingerprint density at radius 3 is 2.65 bits per heavy atom. The van der Waals surface area contributed by atoms with Crippen molar-refractivity contribution in [2.24, 2.45) is 5.73 Å². The van der Waals surface area contributed by atoms with Crippen molar-refractivity contribution >= 4 is 15.9 Å². The van der Waals surface area contributed by atoms with E-state index in [9.17, 15) is 13.2 Å². The summed E-state index contributed by atoms with van der Waals surface area (Å²) in [6.45, 7) is 0.255. The van der Waals surface area contributed by atoms with Crippen molar-refractivity contribution in [3.8, 4) is 11.5 Å². The zero-order valence-electron chi connectivity index (χ0n) is 14.2. The number of fused-ring (bicyclic) bond motifs is 1. The Kier molecular flexibility index (Phi) is 4.79. The van der Waals surface area contributed by atoms with Crippen LogP contribution in [-0.4, -0.2) is 49.4 Å². The van der Waals surface area contributed by atoms with Crippen molar-refractivity contribution in [3.63, 3.8) is 0 Å². The number of aromatic nitrogens is 2. The predicted molar refractivity (Wildman–Crippen MR) is 90.2 cm³/mol. The molecule has 0 saturated heterocycles. The number of benzene rings is 1. The van der Waals surface area contributed by atoms with E-state index < -0.39 is 15.9 Å². The third-order valence-corrected chi connectivity index (χ3v) is 5.88. The highest BCUT2D eigenvalue weighted by molar-refractivity contribution is 7.89. The summed E-state index contributed by atoms with van der Waals surface area (Å²) in [6, 6.07) is 4.39. The van der Waals surface area contributed by atoms with Gasteiger partial charge in [0.2, 0.25) is 15.8 Å². The standard InChI is InChI=1S/C16H17N4O5S/c1-24-13-4-3-11(7-14(13)25-2)26(22,23)20-6-5-10-8-18-16(15(17)21)19-12(10)9-20/h3-4,7H,5-6,9H2,1-2H3,(H2,17,21). The number of carbonyl (C=O) groups excluding carboxylic acids is 1. The first-order valence-electron chi connectivity index (χ1n) is 7.66. The highest BCUT2D eigenvalue weighted by Gasteiger charge is 2.30. The largest absolute Gasteiger partial charge is 0.493 e. The van der Waals surface area contributed by atoms with Gasteiger partial charge in [-0.15, -0.1) is 0 Å². The van der Waals surface area contributed by atoms with Gasteiger partial charge in [-0.05, 0) is 18.6 Å². The number of ether oxygens (including phenoxy) is 2. The van der Waals surface area contributed by atoms with E-state index in [1.807, 2.05) is 0 Å². The fourth-order valence-electron chi connectivity index (χ4n) is 2.66. The van der Waals surface area contributed by atoms with Crippen LogP contribution in [-0.2, 0) is 23.0 Å². The lowest BCUT2D eigenvalue weighted by Gasteiger charge is -2.27. The summed E-state index contributed by atoms with van der Waals surface area (Å²) < 4.78 is 37.5. The van der Waals surface area contributed by atoms with Crippen LogP contribution in [0.2, 0.25) is 0 Å². The summed E-state index contributed by atoms with van der Waals surface area (Å²) >= 11 is 0. The van der Waals surface area contributed by atoms with Crippen LogP contribution in [0.1, 0.15) is 21.9 Å². The molecule has 9 nitrogen and oxygen atoms in total. The monoisotopic (exact) mass is 377 g/mol. The quantitative estimate of drug-likeness (QED) is 0.786. The molecule has 0 fully saturated rings. The lowest BCUT2D eigenvalue weighted by molar-refractivity contribution is 0.0989. The normalized spacial score (nSPS) is 14.5. The summed E-state index contributed by atoms with van der Waals surface area (Å²) in [5.74, 6) is -0.223. The van der Waals surface area contributed by atoms with Gasteiger partial charge >= 0.3 is 0 Å². The van der Waals surface area contributed by atoms with Gasteiger partial charge in [-0.1, -0.05) is 0 Å². The van der Waals surface area contributed by atoms with Crippen LogP contribution < -0.4 is 15.2 Å².